The lowest BCUT2D eigenvalue weighted by molar-refractivity contribution is 0.830. The van der Waals surface area contributed by atoms with E-state index in [1.807, 2.05) is 43.3 Å². The van der Waals surface area contributed by atoms with Crippen LogP contribution in [0.4, 0.5) is 0 Å². The normalized spacial score (nSPS) is 11.2. The average Bonchev–Trinajstić information content (AvgIpc) is 2.61. The number of aryl methyl sites for hydroxylation is 1. The Hall–Kier alpha value is -3.01. The van der Waals surface area contributed by atoms with Crippen LogP contribution in [0.15, 0.2) is 65.6 Å². The summed E-state index contributed by atoms with van der Waals surface area (Å²) in [7, 11) is 0. The molecule has 23 heavy (non-hydrogen) atoms. The summed E-state index contributed by atoms with van der Waals surface area (Å²) in [6.45, 7) is 1.99. The maximum absolute atomic E-state index is 12.9. The SMILES string of the molecule is CCc1nc2ncccc2c(=O)n1-c1ccc2ccccc2c1. The molecule has 0 aliphatic rings. The maximum Gasteiger partial charge on any atom is 0.267 e. The Morgan fingerprint density at radius 3 is 2.65 bits per heavy atom. The van der Waals surface area contributed by atoms with Crippen LogP contribution in [-0.2, 0) is 6.42 Å². The van der Waals surface area contributed by atoms with Gasteiger partial charge in [0.2, 0.25) is 0 Å². The van der Waals surface area contributed by atoms with Gasteiger partial charge in [0.15, 0.2) is 5.65 Å². The molecule has 4 heteroatoms. The van der Waals surface area contributed by atoms with Gasteiger partial charge in [-0.1, -0.05) is 37.3 Å². The highest BCUT2D eigenvalue weighted by Crippen LogP contribution is 2.19. The first kappa shape index (κ1) is 13.6. The molecule has 0 radical (unpaired) electrons. The fraction of sp³-hybridized carbons (Fsp3) is 0.105. The highest BCUT2D eigenvalue weighted by molar-refractivity contribution is 5.84. The zero-order valence-electron chi connectivity index (χ0n) is 12.7. The summed E-state index contributed by atoms with van der Waals surface area (Å²) in [6.07, 6.45) is 2.32. The number of hydrogen-bond donors (Lipinski definition) is 0. The summed E-state index contributed by atoms with van der Waals surface area (Å²) in [5.41, 5.74) is 1.27. The third-order valence-electron chi connectivity index (χ3n) is 4.02. The van der Waals surface area contributed by atoms with Crippen molar-refractivity contribution < 1.29 is 0 Å². The van der Waals surface area contributed by atoms with Crippen molar-refractivity contribution in [3.63, 3.8) is 0 Å². The second-order valence-corrected chi connectivity index (χ2v) is 5.43. The highest BCUT2D eigenvalue weighted by Gasteiger charge is 2.12. The molecule has 2 heterocycles. The first-order valence-corrected chi connectivity index (χ1v) is 7.64. The first-order valence-electron chi connectivity index (χ1n) is 7.64. The Morgan fingerprint density at radius 2 is 1.83 bits per heavy atom. The van der Waals surface area contributed by atoms with Crippen molar-refractivity contribution >= 4 is 21.8 Å². The van der Waals surface area contributed by atoms with E-state index >= 15 is 0 Å². The van der Waals surface area contributed by atoms with E-state index in [1.165, 1.54) is 0 Å². The minimum absolute atomic E-state index is 0.0739. The molecule has 4 aromatic rings. The topological polar surface area (TPSA) is 47.8 Å². The Morgan fingerprint density at radius 1 is 1.00 bits per heavy atom. The summed E-state index contributed by atoms with van der Waals surface area (Å²) >= 11 is 0. The maximum atomic E-state index is 12.9. The minimum atomic E-state index is -0.0739. The van der Waals surface area contributed by atoms with E-state index < -0.39 is 0 Å². The molecule has 0 saturated heterocycles. The van der Waals surface area contributed by atoms with E-state index in [2.05, 4.69) is 16.0 Å². The second-order valence-electron chi connectivity index (χ2n) is 5.43. The Balaban J connectivity index is 2.06. The van der Waals surface area contributed by atoms with Crippen LogP contribution in [0.2, 0.25) is 0 Å². The number of hydrogen-bond acceptors (Lipinski definition) is 3. The fourth-order valence-corrected chi connectivity index (χ4v) is 2.88. The van der Waals surface area contributed by atoms with E-state index in [-0.39, 0.29) is 5.56 Å². The number of nitrogens with zero attached hydrogens (tertiary/aromatic N) is 3. The van der Waals surface area contributed by atoms with E-state index in [9.17, 15) is 4.79 Å². The standard InChI is InChI=1S/C19H15N3O/c1-2-17-21-18-16(8-5-11-20-18)19(23)22(17)15-10-9-13-6-3-4-7-14(13)12-15/h3-12H,2H2,1H3. The van der Waals surface area contributed by atoms with E-state index in [1.54, 1.807) is 22.9 Å². The van der Waals surface area contributed by atoms with Crippen molar-refractivity contribution in [2.24, 2.45) is 0 Å². The van der Waals surface area contributed by atoms with Crippen molar-refractivity contribution in [1.29, 1.82) is 0 Å². The van der Waals surface area contributed by atoms with Crippen molar-refractivity contribution in [3.05, 3.63) is 77.0 Å². The highest BCUT2D eigenvalue weighted by atomic mass is 16.1. The summed E-state index contributed by atoms with van der Waals surface area (Å²) in [4.78, 5) is 21.7. The number of pyridine rings is 1. The first-order chi connectivity index (χ1) is 11.3. The lowest BCUT2D eigenvalue weighted by Crippen LogP contribution is -2.23. The predicted molar refractivity (Wildman–Crippen MR) is 92.0 cm³/mol. The monoisotopic (exact) mass is 301 g/mol. The van der Waals surface area contributed by atoms with Gasteiger partial charge in [0.25, 0.3) is 5.56 Å². The molecule has 0 amide bonds. The number of benzene rings is 2. The van der Waals surface area contributed by atoms with Crippen molar-refractivity contribution in [2.45, 2.75) is 13.3 Å². The van der Waals surface area contributed by atoms with Crippen LogP contribution in [0.25, 0.3) is 27.5 Å². The third-order valence-corrected chi connectivity index (χ3v) is 4.02. The van der Waals surface area contributed by atoms with Crippen LogP contribution in [0, 0.1) is 0 Å². The quantitative estimate of drug-likeness (QED) is 0.569. The van der Waals surface area contributed by atoms with Gasteiger partial charge in [-0.15, -0.1) is 0 Å². The van der Waals surface area contributed by atoms with Crippen LogP contribution >= 0.6 is 0 Å². The molecule has 2 aromatic carbocycles. The molecule has 112 valence electrons. The van der Waals surface area contributed by atoms with Gasteiger partial charge in [-0.3, -0.25) is 9.36 Å². The molecule has 0 aliphatic heterocycles. The second kappa shape index (κ2) is 5.32. The minimum Gasteiger partial charge on any atom is -0.268 e. The Kier molecular flexibility index (Phi) is 3.15. The zero-order chi connectivity index (χ0) is 15.8. The molecule has 4 nitrogen and oxygen atoms in total. The van der Waals surface area contributed by atoms with Gasteiger partial charge in [0, 0.05) is 12.6 Å². The van der Waals surface area contributed by atoms with Crippen LogP contribution in [0.5, 0.6) is 0 Å². The molecule has 2 aromatic heterocycles. The van der Waals surface area contributed by atoms with E-state index in [0.29, 0.717) is 17.5 Å². The molecule has 0 fully saturated rings. The van der Waals surface area contributed by atoms with Gasteiger partial charge in [0.1, 0.15) is 5.82 Å². The van der Waals surface area contributed by atoms with Crippen LogP contribution in [-0.4, -0.2) is 14.5 Å². The Bertz CT molecular complexity index is 1080. The number of rotatable bonds is 2. The van der Waals surface area contributed by atoms with Crippen molar-refractivity contribution in [3.8, 4) is 5.69 Å². The molecule has 0 spiro atoms. The molecule has 0 bridgehead atoms. The van der Waals surface area contributed by atoms with Crippen LogP contribution in [0.1, 0.15) is 12.7 Å². The molecule has 0 saturated carbocycles. The van der Waals surface area contributed by atoms with Gasteiger partial charge in [0.05, 0.1) is 11.1 Å². The van der Waals surface area contributed by atoms with Crippen molar-refractivity contribution in [1.82, 2.24) is 14.5 Å². The zero-order valence-corrected chi connectivity index (χ0v) is 12.7. The summed E-state index contributed by atoms with van der Waals surface area (Å²) in [6, 6.07) is 17.7. The predicted octanol–water partition coefficient (Wildman–Crippen LogP) is 3.50. The number of fused-ring (bicyclic) bond motifs is 2. The lowest BCUT2D eigenvalue weighted by Gasteiger charge is -2.12. The number of aromatic nitrogens is 3. The van der Waals surface area contributed by atoms with Crippen molar-refractivity contribution in [2.75, 3.05) is 0 Å². The molecule has 0 aliphatic carbocycles. The van der Waals surface area contributed by atoms with Crippen LogP contribution in [0.3, 0.4) is 0 Å². The molecule has 0 atom stereocenters. The van der Waals surface area contributed by atoms with Gasteiger partial charge < -0.3 is 0 Å². The Labute approximate surface area is 133 Å². The molecule has 0 N–H and O–H groups in total. The molecule has 0 unspecified atom stereocenters. The van der Waals surface area contributed by atoms with Gasteiger partial charge >= 0.3 is 0 Å². The largest absolute Gasteiger partial charge is 0.268 e. The fourth-order valence-electron chi connectivity index (χ4n) is 2.88. The van der Waals surface area contributed by atoms with Crippen LogP contribution < -0.4 is 5.56 Å². The summed E-state index contributed by atoms with van der Waals surface area (Å²) < 4.78 is 1.69. The lowest BCUT2D eigenvalue weighted by atomic mass is 10.1. The average molecular weight is 301 g/mol. The summed E-state index contributed by atoms with van der Waals surface area (Å²) in [5, 5.41) is 2.79. The molecule has 4 rings (SSSR count). The van der Waals surface area contributed by atoms with Gasteiger partial charge in [-0.05, 0) is 35.0 Å². The van der Waals surface area contributed by atoms with E-state index in [4.69, 9.17) is 0 Å². The van der Waals surface area contributed by atoms with Gasteiger partial charge in [-0.25, -0.2) is 9.97 Å². The molecular formula is C19H15N3O. The smallest absolute Gasteiger partial charge is 0.267 e. The third kappa shape index (κ3) is 2.19. The van der Waals surface area contributed by atoms with E-state index in [0.717, 1.165) is 22.3 Å². The summed E-state index contributed by atoms with van der Waals surface area (Å²) in [5.74, 6) is 0.719. The molecular weight excluding hydrogens is 286 g/mol. The van der Waals surface area contributed by atoms with Gasteiger partial charge in [-0.2, -0.15) is 0 Å².